The molecule has 3 rings (SSSR count). The lowest BCUT2D eigenvalue weighted by Crippen LogP contribution is -2.07. The van der Waals surface area contributed by atoms with E-state index >= 15 is 0 Å². The van der Waals surface area contributed by atoms with Crippen LogP contribution in [-0.2, 0) is 0 Å². The van der Waals surface area contributed by atoms with Gasteiger partial charge in [-0.2, -0.15) is 0 Å². The molecule has 0 spiro atoms. The van der Waals surface area contributed by atoms with Crippen LogP contribution in [-0.4, -0.2) is 9.97 Å². The molecule has 0 bridgehead atoms. The van der Waals surface area contributed by atoms with E-state index in [4.69, 9.17) is 4.74 Å². The first-order chi connectivity index (χ1) is 9.25. The summed E-state index contributed by atoms with van der Waals surface area (Å²) in [6.07, 6.45) is 3.05. The molecule has 0 aliphatic rings. The maximum absolute atomic E-state index is 13.5. The number of para-hydroxylation sites is 1. The predicted molar refractivity (Wildman–Crippen MR) is 68.8 cm³/mol. The summed E-state index contributed by atoms with van der Waals surface area (Å²) >= 11 is 0. The second-order valence-electron chi connectivity index (χ2n) is 3.92. The van der Waals surface area contributed by atoms with Crippen LogP contribution in [0.1, 0.15) is 0 Å². The molecule has 0 atom stereocenters. The molecular formula is C14H9FN2O2. The largest absolute Gasteiger partial charge is 0.435 e. The van der Waals surface area contributed by atoms with E-state index in [-0.39, 0.29) is 17.2 Å². The van der Waals surface area contributed by atoms with Crippen molar-refractivity contribution in [2.45, 2.75) is 0 Å². The Balaban J connectivity index is 2.17. The summed E-state index contributed by atoms with van der Waals surface area (Å²) in [6.45, 7) is 0. The van der Waals surface area contributed by atoms with Crippen molar-refractivity contribution >= 4 is 10.8 Å². The number of H-pyrrole nitrogens is 1. The van der Waals surface area contributed by atoms with Crippen molar-refractivity contribution in [3.05, 3.63) is 65.0 Å². The molecule has 0 saturated carbocycles. The van der Waals surface area contributed by atoms with Gasteiger partial charge < -0.3 is 9.72 Å². The van der Waals surface area contributed by atoms with Gasteiger partial charge in [-0.15, -0.1) is 0 Å². The molecule has 0 saturated heterocycles. The summed E-state index contributed by atoms with van der Waals surface area (Å²) in [5.74, 6) is -0.385. The van der Waals surface area contributed by atoms with E-state index < -0.39 is 5.82 Å². The molecular weight excluding hydrogens is 247 g/mol. The van der Waals surface area contributed by atoms with Crippen LogP contribution in [0.15, 0.2) is 53.6 Å². The minimum absolute atomic E-state index is 0.0331. The van der Waals surface area contributed by atoms with E-state index in [1.165, 1.54) is 24.5 Å². The van der Waals surface area contributed by atoms with Gasteiger partial charge in [-0.05, 0) is 29.7 Å². The van der Waals surface area contributed by atoms with E-state index in [2.05, 4.69) is 9.97 Å². The number of benzene rings is 1. The zero-order valence-corrected chi connectivity index (χ0v) is 9.76. The number of rotatable bonds is 2. The SMILES string of the molecule is O=c1[nH]ccc2ccnc(Oc3ccccc3F)c12. The summed E-state index contributed by atoms with van der Waals surface area (Å²) in [5, 5.41) is 0.985. The molecule has 0 fully saturated rings. The summed E-state index contributed by atoms with van der Waals surface area (Å²) in [7, 11) is 0. The van der Waals surface area contributed by atoms with Gasteiger partial charge in [0.15, 0.2) is 11.6 Å². The van der Waals surface area contributed by atoms with E-state index in [0.29, 0.717) is 10.8 Å². The smallest absolute Gasteiger partial charge is 0.261 e. The van der Waals surface area contributed by atoms with Crippen LogP contribution in [0.5, 0.6) is 11.6 Å². The number of aromatic nitrogens is 2. The Morgan fingerprint density at radius 3 is 2.84 bits per heavy atom. The van der Waals surface area contributed by atoms with Crippen LogP contribution in [0.2, 0.25) is 0 Å². The van der Waals surface area contributed by atoms with Gasteiger partial charge in [0.1, 0.15) is 5.39 Å². The maximum Gasteiger partial charge on any atom is 0.261 e. The molecule has 94 valence electrons. The Bertz CT molecular complexity index is 793. The van der Waals surface area contributed by atoms with Gasteiger partial charge in [-0.3, -0.25) is 4.79 Å². The van der Waals surface area contributed by atoms with Crippen molar-refractivity contribution in [2.75, 3.05) is 0 Å². The van der Waals surface area contributed by atoms with Crippen LogP contribution in [0.3, 0.4) is 0 Å². The van der Waals surface area contributed by atoms with Crippen LogP contribution >= 0.6 is 0 Å². The fraction of sp³-hybridized carbons (Fsp3) is 0. The molecule has 0 aliphatic heterocycles. The molecule has 3 aromatic rings. The molecule has 1 aromatic carbocycles. The molecule has 1 N–H and O–H groups in total. The second-order valence-corrected chi connectivity index (χ2v) is 3.92. The third-order valence-corrected chi connectivity index (χ3v) is 2.70. The Morgan fingerprint density at radius 1 is 1.16 bits per heavy atom. The van der Waals surface area contributed by atoms with E-state index in [1.54, 1.807) is 24.3 Å². The molecule has 5 heteroatoms. The minimum atomic E-state index is -0.506. The number of ether oxygens (including phenoxy) is 1. The summed E-state index contributed by atoms with van der Waals surface area (Å²) in [6, 6.07) is 9.39. The first-order valence-corrected chi connectivity index (χ1v) is 5.64. The molecule has 19 heavy (non-hydrogen) atoms. The molecule has 2 aromatic heterocycles. The van der Waals surface area contributed by atoms with Gasteiger partial charge in [0.05, 0.1) is 0 Å². The van der Waals surface area contributed by atoms with Crippen molar-refractivity contribution in [3.8, 4) is 11.6 Å². The first-order valence-electron chi connectivity index (χ1n) is 5.64. The summed E-state index contributed by atoms with van der Waals surface area (Å²) in [4.78, 5) is 18.3. The summed E-state index contributed by atoms with van der Waals surface area (Å²) in [5.41, 5.74) is -0.322. The van der Waals surface area contributed by atoms with Crippen molar-refractivity contribution in [3.63, 3.8) is 0 Å². The number of hydrogen-bond donors (Lipinski definition) is 1. The third kappa shape index (κ3) is 2.06. The number of nitrogens with zero attached hydrogens (tertiary/aromatic N) is 1. The molecule has 0 radical (unpaired) electrons. The molecule has 4 nitrogen and oxygen atoms in total. The fourth-order valence-electron chi connectivity index (χ4n) is 1.81. The number of aromatic amines is 1. The Kier molecular flexibility index (Phi) is 2.72. The number of hydrogen-bond acceptors (Lipinski definition) is 3. The Labute approximate surface area is 107 Å². The average Bonchev–Trinajstić information content (AvgIpc) is 2.42. The van der Waals surface area contributed by atoms with Crippen LogP contribution in [0, 0.1) is 5.82 Å². The average molecular weight is 256 g/mol. The molecule has 0 unspecified atom stereocenters. The van der Waals surface area contributed by atoms with Crippen molar-refractivity contribution in [1.82, 2.24) is 9.97 Å². The van der Waals surface area contributed by atoms with Crippen molar-refractivity contribution in [2.24, 2.45) is 0 Å². The highest BCUT2D eigenvalue weighted by Gasteiger charge is 2.10. The normalized spacial score (nSPS) is 10.6. The zero-order chi connectivity index (χ0) is 13.2. The number of pyridine rings is 2. The van der Waals surface area contributed by atoms with Crippen LogP contribution < -0.4 is 10.3 Å². The Morgan fingerprint density at radius 2 is 2.00 bits per heavy atom. The highest BCUT2D eigenvalue weighted by atomic mass is 19.1. The van der Waals surface area contributed by atoms with E-state index in [1.807, 2.05) is 0 Å². The maximum atomic E-state index is 13.5. The number of fused-ring (bicyclic) bond motifs is 1. The van der Waals surface area contributed by atoms with Gasteiger partial charge in [0.2, 0.25) is 5.88 Å². The second kappa shape index (κ2) is 4.53. The lowest BCUT2D eigenvalue weighted by atomic mass is 10.2. The predicted octanol–water partition coefficient (Wildman–Crippen LogP) is 2.85. The van der Waals surface area contributed by atoms with E-state index in [0.717, 1.165) is 0 Å². The van der Waals surface area contributed by atoms with Gasteiger partial charge in [-0.1, -0.05) is 12.1 Å². The van der Waals surface area contributed by atoms with Gasteiger partial charge in [0.25, 0.3) is 5.56 Å². The van der Waals surface area contributed by atoms with Crippen molar-refractivity contribution < 1.29 is 9.13 Å². The number of halogens is 1. The lowest BCUT2D eigenvalue weighted by molar-refractivity contribution is 0.432. The third-order valence-electron chi connectivity index (χ3n) is 2.70. The quantitative estimate of drug-likeness (QED) is 0.767. The highest BCUT2D eigenvalue weighted by molar-refractivity contribution is 5.85. The highest BCUT2D eigenvalue weighted by Crippen LogP contribution is 2.26. The van der Waals surface area contributed by atoms with Crippen LogP contribution in [0.25, 0.3) is 10.8 Å². The molecule has 0 aliphatic carbocycles. The van der Waals surface area contributed by atoms with Crippen molar-refractivity contribution in [1.29, 1.82) is 0 Å². The zero-order valence-electron chi connectivity index (χ0n) is 9.76. The molecule has 2 heterocycles. The first kappa shape index (κ1) is 11.4. The standard InChI is InChI=1S/C14H9FN2O2/c15-10-3-1-2-4-11(10)19-14-12-9(6-8-17-14)5-7-16-13(12)18/h1-8H,(H,16,18). The fourth-order valence-corrected chi connectivity index (χ4v) is 1.81. The Hall–Kier alpha value is -2.69. The van der Waals surface area contributed by atoms with Gasteiger partial charge in [-0.25, -0.2) is 9.37 Å². The summed E-state index contributed by atoms with van der Waals surface area (Å²) < 4.78 is 18.9. The molecule has 0 amide bonds. The van der Waals surface area contributed by atoms with Gasteiger partial charge >= 0.3 is 0 Å². The minimum Gasteiger partial charge on any atom is -0.435 e. The topological polar surface area (TPSA) is 55.0 Å². The van der Waals surface area contributed by atoms with Crippen LogP contribution in [0.4, 0.5) is 4.39 Å². The van der Waals surface area contributed by atoms with E-state index in [9.17, 15) is 9.18 Å². The van der Waals surface area contributed by atoms with Gasteiger partial charge in [0, 0.05) is 12.4 Å². The number of nitrogens with one attached hydrogen (secondary N) is 1. The monoisotopic (exact) mass is 256 g/mol. The lowest BCUT2D eigenvalue weighted by Gasteiger charge is -2.07.